The normalized spacial score (nSPS) is 10.3. The van der Waals surface area contributed by atoms with E-state index in [2.05, 4.69) is 11.8 Å². The summed E-state index contributed by atoms with van der Waals surface area (Å²) in [6.45, 7) is 3.33. The second kappa shape index (κ2) is 5.40. The molecule has 17 heavy (non-hydrogen) atoms. The van der Waals surface area contributed by atoms with E-state index in [1.807, 2.05) is 24.3 Å². The zero-order chi connectivity index (χ0) is 12.9. The van der Waals surface area contributed by atoms with Gasteiger partial charge in [0.25, 0.3) is 0 Å². The second-order valence-electron chi connectivity index (χ2n) is 4.40. The number of carboxylic acids is 1. The van der Waals surface area contributed by atoms with Crippen LogP contribution in [0, 0.1) is 17.3 Å². The van der Waals surface area contributed by atoms with Crippen LogP contribution in [0.4, 0.5) is 0 Å². The van der Waals surface area contributed by atoms with Crippen LogP contribution in [-0.4, -0.2) is 18.2 Å². The van der Waals surface area contributed by atoms with Crippen molar-refractivity contribution in [2.75, 3.05) is 7.11 Å². The minimum atomic E-state index is -0.832. The van der Waals surface area contributed by atoms with Crippen molar-refractivity contribution in [1.82, 2.24) is 0 Å². The molecule has 0 aliphatic rings. The molecule has 0 atom stereocenters. The molecule has 0 saturated carbocycles. The van der Waals surface area contributed by atoms with Crippen LogP contribution in [0.5, 0.6) is 5.75 Å². The highest BCUT2D eigenvalue weighted by Gasteiger charge is 2.25. The molecule has 0 amide bonds. The largest absolute Gasteiger partial charge is 0.497 e. The molecule has 0 aromatic heterocycles. The van der Waals surface area contributed by atoms with Crippen LogP contribution in [0.1, 0.15) is 25.8 Å². The first-order valence-corrected chi connectivity index (χ1v) is 5.32. The summed E-state index contributed by atoms with van der Waals surface area (Å²) in [5.74, 6) is 5.77. The average Bonchev–Trinajstić information content (AvgIpc) is 2.29. The van der Waals surface area contributed by atoms with E-state index in [4.69, 9.17) is 9.84 Å². The van der Waals surface area contributed by atoms with Crippen molar-refractivity contribution in [3.05, 3.63) is 29.8 Å². The average molecular weight is 232 g/mol. The Morgan fingerprint density at radius 2 is 1.94 bits per heavy atom. The molecule has 0 unspecified atom stereocenters. The number of hydrogen-bond donors (Lipinski definition) is 1. The Morgan fingerprint density at radius 3 is 2.41 bits per heavy atom. The quantitative estimate of drug-likeness (QED) is 0.815. The SMILES string of the molecule is COc1ccc(C#CCC(C)(C)C(=O)O)cc1. The van der Waals surface area contributed by atoms with Crippen LogP contribution in [0.25, 0.3) is 0 Å². The highest BCUT2D eigenvalue weighted by Crippen LogP contribution is 2.19. The van der Waals surface area contributed by atoms with Gasteiger partial charge in [0.2, 0.25) is 0 Å². The summed E-state index contributed by atoms with van der Waals surface area (Å²) in [5.41, 5.74) is 0.0476. The summed E-state index contributed by atoms with van der Waals surface area (Å²) < 4.78 is 5.03. The van der Waals surface area contributed by atoms with Crippen molar-refractivity contribution in [2.24, 2.45) is 5.41 Å². The fourth-order valence-electron chi connectivity index (χ4n) is 1.12. The number of ether oxygens (including phenoxy) is 1. The monoisotopic (exact) mass is 232 g/mol. The Kier molecular flexibility index (Phi) is 4.17. The smallest absolute Gasteiger partial charge is 0.310 e. The molecule has 0 heterocycles. The highest BCUT2D eigenvalue weighted by atomic mass is 16.5. The molecule has 0 spiro atoms. The molecule has 0 aliphatic carbocycles. The van der Waals surface area contributed by atoms with Crippen LogP contribution < -0.4 is 4.74 Å². The van der Waals surface area contributed by atoms with Gasteiger partial charge in [-0.1, -0.05) is 11.8 Å². The first-order chi connectivity index (χ1) is 7.95. The van der Waals surface area contributed by atoms with Gasteiger partial charge in [0.05, 0.1) is 12.5 Å². The Bertz CT molecular complexity index is 447. The van der Waals surface area contributed by atoms with E-state index in [1.165, 1.54) is 0 Å². The molecule has 1 N–H and O–H groups in total. The lowest BCUT2D eigenvalue weighted by atomic mass is 9.90. The Morgan fingerprint density at radius 1 is 1.35 bits per heavy atom. The molecule has 1 aromatic rings. The molecule has 3 heteroatoms. The highest BCUT2D eigenvalue weighted by molar-refractivity contribution is 5.74. The molecule has 0 radical (unpaired) electrons. The molecule has 3 nitrogen and oxygen atoms in total. The lowest BCUT2D eigenvalue weighted by Gasteiger charge is -2.14. The summed E-state index contributed by atoms with van der Waals surface area (Å²) in [5, 5.41) is 8.92. The zero-order valence-corrected chi connectivity index (χ0v) is 10.3. The molecular formula is C14H16O3. The predicted octanol–water partition coefficient (Wildman–Crippen LogP) is 2.55. The van der Waals surface area contributed by atoms with Gasteiger partial charge in [0.15, 0.2) is 0 Å². The molecule has 0 aliphatic heterocycles. The molecule has 0 bridgehead atoms. The van der Waals surface area contributed by atoms with E-state index in [0.717, 1.165) is 11.3 Å². The topological polar surface area (TPSA) is 46.5 Å². The predicted molar refractivity (Wildman–Crippen MR) is 65.9 cm³/mol. The van der Waals surface area contributed by atoms with Gasteiger partial charge in [-0.15, -0.1) is 0 Å². The third-order valence-corrected chi connectivity index (χ3v) is 2.43. The molecule has 1 aromatic carbocycles. The van der Waals surface area contributed by atoms with E-state index in [9.17, 15) is 4.79 Å². The van der Waals surface area contributed by atoms with Crippen LogP contribution in [0.15, 0.2) is 24.3 Å². The molecule has 0 saturated heterocycles. The first-order valence-electron chi connectivity index (χ1n) is 5.32. The Hall–Kier alpha value is -1.95. The van der Waals surface area contributed by atoms with Crippen LogP contribution in [0.2, 0.25) is 0 Å². The maximum absolute atomic E-state index is 10.9. The number of carboxylic acid groups (broad SMARTS) is 1. The van der Waals surface area contributed by atoms with Crippen molar-refractivity contribution in [3.63, 3.8) is 0 Å². The number of hydrogen-bond acceptors (Lipinski definition) is 2. The van der Waals surface area contributed by atoms with E-state index in [0.29, 0.717) is 6.42 Å². The maximum atomic E-state index is 10.9. The van der Waals surface area contributed by atoms with Gasteiger partial charge in [0, 0.05) is 12.0 Å². The van der Waals surface area contributed by atoms with Gasteiger partial charge in [-0.25, -0.2) is 0 Å². The third-order valence-electron chi connectivity index (χ3n) is 2.43. The van der Waals surface area contributed by atoms with Crippen molar-refractivity contribution in [3.8, 4) is 17.6 Å². The van der Waals surface area contributed by atoms with Crippen LogP contribution in [-0.2, 0) is 4.79 Å². The van der Waals surface area contributed by atoms with Gasteiger partial charge in [-0.2, -0.15) is 0 Å². The van der Waals surface area contributed by atoms with Crippen LogP contribution >= 0.6 is 0 Å². The summed E-state index contributed by atoms with van der Waals surface area (Å²) in [7, 11) is 1.61. The van der Waals surface area contributed by atoms with Crippen molar-refractivity contribution >= 4 is 5.97 Å². The Labute approximate surface area is 101 Å². The number of carbonyl (C=O) groups is 1. The van der Waals surface area contributed by atoms with Gasteiger partial charge in [-0.3, -0.25) is 4.79 Å². The van der Waals surface area contributed by atoms with Gasteiger partial charge in [-0.05, 0) is 38.1 Å². The van der Waals surface area contributed by atoms with E-state index in [1.54, 1.807) is 21.0 Å². The number of rotatable bonds is 3. The van der Waals surface area contributed by atoms with E-state index >= 15 is 0 Å². The maximum Gasteiger partial charge on any atom is 0.310 e. The van der Waals surface area contributed by atoms with Crippen LogP contribution in [0.3, 0.4) is 0 Å². The molecular weight excluding hydrogens is 216 g/mol. The summed E-state index contributed by atoms with van der Waals surface area (Å²) in [6.07, 6.45) is 0.328. The minimum Gasteiger partial charge on any atom is -0.497 e. The van der Waals surface area contributed by atoms with Crippen molar-refractivity contribution in [1.29, 1.82) is 0 Å². The van der Waals surface area contributed by atoms with Crippen molar-refractivity contribution in [2.45, 2.75) is 20.3 Å². The lowest BCUT2D eigenvalue weighted by molar-refractivity contribution is -0.146. The van der Waals surface area contributed by atoms with E-state index < -0.39 is 11.4 Å². The minimum absolute atomic E-state index is 0.328. The molecule has 1 rings (SSSR count). The summed E-state index contributed by atoms with van der Waals surface area (Å²) >= 11 is 0. The summed E-state index contributed by atoms with van der Waals surface area (Å²) in [4.78, 5) is 10.9. The number of methoxy groups -OCH3 is 1. The zero-order valence-electron chi connectivity index (χ0n) is 10.3. The second-order valence-corrected chi connectivity index (χ2v) is 4.40. The molecule has 0 fully saturated rings. The van der Waals surface area contributed by atoms with Gasteiger partial charge < -0.3 is 9.84 Å². The first kappa shape index (κ1) is 13.1. The van der Waals surface area contributed by atoms with Gasteiger partial charge >= 0.3 is 5.97 Å². The fourth-order valence-corrected chi connectivity index (χ4v) is 1.12. The van der Waals surface area contributed by atoms with E-state index in [-0.39, 0.29) is 0 Å². The number of benzene rings is 1. The summed E-state index contributed by atoms with van der Waals surface area (Å²) in [6, 6.07) is 7.35. The standard InChI is InChI=1S/C14H16O3/c1-14(2,13(15)16)10-4-5-11-6-8-12(17-3)9-7-11/h6-9H,10H2,1-3H3,(H,15,16). The van der Waals surface area contributed by atoms with Crippen molar-refractivity contribution < 1.29 is 14.6 Å². The third kappa shape index (κ3) is 3.84. The fraction of sp³-hybridized carbons (Fsp3) is 0.357. The molecule has 90 valence electrons. The van der Waals surface area contributed by atoms with Gasteiger partial charge in [0.1, 0.15) is 5.75 Å². The lowest BCUT2D eigenvalue weighted by Crippen LogP contribution is -2.22. The number of aliphatic carboxylic acids is 1. The Balaban J connectivity index is 2.69.